The Morgan fingerprint density at radius 3 is 2.74 bits per heavy atom. The maximum Gasteiger partial charge on any atom is 0.274 e. The van der Waals surface area contributed by atoms with Gasteiger partial charge in [-0.2, -0.15) is 10.1 Å². The van der Waals surface area contributed by atoms with Gasteiger partial charge in [0.2, 0.25) is 0 Å². The summed E-state index contributed by atoms with van der Waals surface area (Å²) in [7, 11) is 1.51. The average molecular weight is 388 g/mol. The van der Waals surface area contributed by atoms with Gasteiger partial charge in [0.15, 0.2) is 0 Å². The van der Waals surface area contributed by atoms with Gasteiger partial charge in [0.25, 0.3) is 16.7 Å². The van der Waals surface area contributed by atoms with E-state index >= 15 is 0 Å². The van der Waals surface area contributed by atoms with Gasteiger partial charge in [-0.15, -0.1) is 0 Å². The first-order chi connectivity index (χ1) is 13.0. The van der Waals surface area contributed by atoms with Crippen molar-refractivity contribution in [2.45, 2.75) is 18.9 Å². The molecule has 7 nitrogen and oxygen atoms in total. The van der Waals surface area contributed by atoms with E-state index in [0.717, 1.165) is 9.38 Å². The zero-order valence-electron chi connectivity index (χ0n) is 14.6. The van der Waals surface area contributed by atoms with E-state index < -0.39 is 0 Å². The first-order valence-corrected chi connectivity index (χ1v) is 9.38. The van der Waals surface area contributed by atoms with Crippen molar-refractivity contribution in [1.29, 1.82) is 0 Å². The Hall–Kier alpha value is -2.81. The molecule has 3 heterocycles. The summed E-state index contributed by atoms with van der Waals surface area (Å²) >= 11 is 1.32. The van der Waals surface area contributed by atoms with Gasteiger partial charge in [-0.3, -0.25) is 9.59 Å². The van der Waals surface area contributed by atoms with E-state index in [9.17, 15) is 14.0 Å². The highest BCUT2D eigenvalue weighted by atomic mass is 32.1. The number of thiazole rings is 1. The summed E-state index contributed by atoms with van der Waals surface area (Å²) in [6.45, 7) is 1.04. The third-order valence-electron chi connectivity index (χ3n) is 4.53. The highest BCUT2D eigenvalue weighted by molar-refractivity contribution is 7.20. The van der Waals surface area contributed by atoms with Gasteiger partial charge in [0.1, 0.15) is 23.1 Å². The minimum Gasteiger partial charge on any atom is -0.467 e. The van der Waals surface area contributed by atoms with E-state index in [0.29, 0.717) is 36.6 Å². The van der Waals surface area contributed by atoms with Crippen LogP contribution in [0.25, 0.3) is 10.2 Å². The van der Waals surface area contributed by atoms with Crippen molar-refractivity contribution < 1.29 is 13.9 Å². The van der Waals surface area contributed by atoms with Crippen molar-refractivity contribution in [2.24, 2.45) is 7.05 Å². The molecule has 1 saturated heterocycles. The van der Waals surface area contributed by atoms with Gasteiger partial charge in [0.05, 0.1) is 4.70 Å². The quantitative estimate of drug-likeness (QED) is 0.688. The van der Waals surface area contributed by atoms with Crippen LogP contribution in [0, 0.1) is 5.82 Å². The summed E-state index contributed by atoms with van der Waals surface area (Å²) in [6, 6.07) is 7.62. The molecule has 1 aliphatic rings. The van der Waals surface area contributed by atoms with Crippen LogP contribution in [0.15, 0.2) is 35.1 Å². The Morgan fingerprint density at radius 2 is 2.04 bits per heavy atom. The minimum atomic E-state index is -0.358. The van der Waals surface area contributed by atoms with Crippen molar-refractivity contribution in [2.75, 3.05) is 13.1 Å². The number of ether oxygens (including phenoxy) is 1. The SMILES string of the molecule is Cn1nc(C(=O)N2CCC(Oc3nc4c(F)cccc4s3)CC2)ccc1=O. The van der Waals surface area contributed by atoms with Crippen molar-refractivity contribution in [3.8, 4) is 5.19 Å². The zero-order valence-corrected chi connectivity index (χ0v) is 15.4. The fourth-order valence-electron chi connectivity index (χ4n) is 3.04. The maximum absolute atomic E-state index is 13.8. The van der Waals surface area contributed by atoms with Crippen LogP contribution >= 0.6 is 11.3 Å². The molecule has 140 valence electrons. The predicted octanol–water partition coefficient (Wildman–Crippen LogP) is 2.21. The molecule has 0 atom stereocenters. The van der Waals surface area contributed by atoms with Gasteiger partial charge in [-0.25, -0.2) is 9.07 Å². The molecule has 0 unspecified atom stereocenters. The Labute approximate surface area is 158 Å². The predicted molar refractivity (Wildman–Crippen MR) is 98.6 cm³/mol. The molecule has 0 radical (unpaired) electrons. The van der Waals surface area contributed by atoms with Crippen LogP contribution in [0.1, 0.15) is 23.3 Å². The molecule has 0 spiro atoms. The van der Waals surface area contributed by atoms with Crippen LogP contribution in [0.5, 0.6) is 5.19 Å². The van der Waals surface area contributed by atoms with Gasteiger partial charge >= 0.3 is 0 Å². The molecule has 0 N–H and O–H groups in total. The summed E-state index contributed by atoms with van der Waals surface area (Å²) in [5.41, 5.74) is 0.315. The third kappa shape index (κ3) is 3.55. The topological polar surface area (TPSA) is 77.3 Å². The average Bonchev–Trinajstić information content (AvgIpc) is 3.08. The molecule has 0 aliphatic carbocycles. The van der Waals surface area contributed by atoms with Crippen LogP contribution in [-0.4, -0.2) is 44.8 Å². The van der Waals surface area contributed by atoms with Crippen LogP contribution in [0.3, 0.4) is 0 Å². The lowest BCUT2D eigenvalue weighted by molar-refractivity contribution is 0.0587. The summed E-state index contributed by atoms with van der Waals surface area (Å²) in [6.07, 6.45) is 1.22. The number of likely N-dealkylation sites (tertiary alicyclic amines) is 1. The van der Waals surface area contributed by atoms with Crippen molar-refractivity contribution in [1.82, 2.24) is 19.7 Å². The molecule has 1 aromatic carbocycles. The number of carbonyl (C=O) groups excluding carboxylic acids is 1. The summed E-state index contributed by atoms with van der Waals surface area (Å²) in [4.78, 5) is 29.9. The molecule has 1 fully saturated rings. The molecule has 1 amide bonds. The largest absolute Gasteiger partial charge is 0.467 e. The number of halogens is 1. The number of aryl methyl sites for hydroxylation is 1. The standard InChI is InChI=1S/C18H17FN4O3S/c1-22-15(24)6-5-13(21-22)17(25)23-9-7-11(8-10-23)26-18-20-16-12(19)3-2-4-14(16)27-18/h2-6,11H,7-10H2,1H3. The Balaban J connectivity index is 1.39. The number of hydrogen-bond donors (Lipinski definition) is 0. The molecule has 27 heavy (non-hydrogen) atoms. The van der Waals surface area contributed by atoms with Gasteiger partial charge in [-0.05, 0) is 18.2 Å². The number of nitrogens with zero attached hydrogens (tertiary/aromatic N) is 4. The number of amides is 1. The first kappa shape index (κ1) is 17.6. The highest BCUT2D eigenvalue weighted by Crippen LogP contribution is 2.31. The fourth-order valence-corrected chi connectivity index (χ4v) is 3.94. The normalized spacial score (nSPS) is 15.3. The van der Waals surface area contributed by atoms with E-state index in [-0.39, 0.29) is 29.1 Å². The number of fused-ring (bicyclic) bond motifs is 1. The molecule has 1 aliphatic heterocycles. The minimum absolute atomic E-state index is 0.0780. The van der Waals surface area contributed by atoms with Gasteiger partial charge < -0.3 is 9.64 Å². The zero-order chi connectivity index (χ0) is 19.0. The lowest BCUT2D eigenvalue weighted by Crippen LogP contribution is -2.42. The number of rotatable bonds is 3. The van der Waals surface area contributed by atoms with E-state index in [4.69, 9.17) is 4.74 Å². The summed E-state index contributed by atoms with van der Waals surface area (Å²) in [5, 5.41) is 4.45. The summed E-state index contributed by atoms with van der Waals surface area (Å²) < 4.78 is 21.6. The van der Waals surface area contributed by atoms with Gasteiger partial charge in [-0.1, -0.05) is 17.4 Å². The lowest BCUT2D eigenvalue weighted by Gasteiger charge is -2.31. The fraction of sp³-hybridized carbons (Fsp3) is 0.333. The lowest BCUT2D eigenvalue weighted by atomic mass is 10.1. The molecule has 3 aromatic rings. The third-order valence-corrected chi connectivity index (χ3v) is 5.44. The maximum atomic E-state index is 13.8. The molecule has 0 saturated carbocycles. The van der Waals surface area contributed by atoms with Crippen molar-refractivity contribution >= 4 is 27.5 Å². The molecular formula is C18H17FN4O3S. The molecule has 2 aromatic heterocycles. The summed E-state index contributed by atoms with van der Waals surface area (Å²) in [5.74, 6) is -0.560. The smallest absolute Gasteiger partial charge is 0.274 e. The number of piperidine rings is 1. The van der Waals surface area contributed by atoms with E-state index in [1.807, 2.05) is 6.07 Å². The number of benzene rings is 1. The van der Waals surface area contributed by atoms with E-state index in [1.54, 1.807) is 11.0 Å². The number of para-hydroxylation sites is 1. The van der Waals surface area contributed by atoms with Gasteiger partial charge in [0, 0.05) is 39.0 Å². The van der Waals surface area contributed by atoms with Crippen molar-refractivity contribution in [3.05, 3.63) is 52.2 Å². The van der Waals surface area contributed by atoms with Crippen LogP contribution < -0.4 is 10.3 Å². The number of hydrogen-bond acceptors (Lipinski definition) is 6. The second kappa shape index (κ2) is 7.07. The Bertz CT molecular complexity index is 1060. The second-order valence-electron chi connectivity index (χ2n) is 6.36. The van der Waals surface area contributed by atoms with E-state index in [1.165, 1.54) is 36.6 Å². The Morgan fingerprint density at radius 1 is 1.26 bits per heavy atom. The van der Waals surface area contributed by atoms with E-state index in [2.05, 4.69) is 10.1 Å². The molecule has 4 rings (SSSR count). The first-order valence-electron chi connectivity index (χ1n) is 8.56. The van der Waals surface area contributed by atoms with Crippen LogP contribution in [0.2, 0.25) is 0 Å². The molecule has 9 heteroatoms. The second-order valence-corrected chi connectivity index (χ2v) is 7.35. The highest BCUT2D eigenvalue weighted by Gasteiger charge is 2.26. The Kier molecular flexibility index (Phi) is 4.61. The number of aromatic nitrogens is 3. The molecular weight excluding hydrogens is 371 g/mol. The van der Waals surface area contributed by atoms with Crippen molar-refractivity contribution in [3.63, 3.8) is 0 Å². The number of carbonyl (C=O) groups is 1. The van der Waals surface area contributed by atoms with Crippen LogP contribution in [-0.2, 0) is 7.05 Å². The molecule has 0 bridgehead atoms. The monoisotopic (exact) mass is 388 g/mol. The van der Waals surface area contributed by atoms with Crippen LogP contribution in [0.4, 0.5) is 4.39 Å².